The van der Waals surface area contributed by atoms with Crippen molar-refractivity contribution in [2.45, 2.75) is 5.92 Å². The van der Waals surface area contributed by atoms with Crippen molar-refractivity contribution in [2.75, 3.05) is 5.73 Å². The van der Waals surface area contributed by atoms with Crippen LogP contribution < -0.4 is 20.5 Å². The molecule has 0 fully saturated rings. The number of thiazole rings is 1. The Bertz CT molecular complexity index is 1830. The summed E-state index contributed by atoms with van der Waals surface area (Å²) < 4.78 is 7.87. The Morgan fingerprint density at radius 3 is 2.88 bits per heavy atom. The van der Waals surface area contributed by atoms with E-state index >= 15 is 0 Å². The van der Waals surface area contributed by atoms with Crippen molar-refractivity contribution in [3.63, 3.8) is 0 Å². The number of furan rings is 1. The third-order valence-corrected chi connectivity index (χ3v) is 6.86. The maximum atomic E-state index is 13.6. The summed E-state index contributed by atoms with van der Waals surface area (Å²) in [5, 5.41) is 21.0. The zero-order valence-electron chi connectivity index (χ0n) is 17.3. The SMILES string of the molecule is N#CC1=c2s/c(=C/c3ccc(O)c4ncccc34)c(=O)n2-c2ncnc(N)c2C1c1ccco1. The van der Waals surface area contributed by atoms with Gasteiger partial charge in [0.2, 0.25) is 0 Å². The lowest BCUT2D eigenvalue weighted by molar-refractivity contribution is 0.480. The third kappa shape index (κ3) is 2.78. The van der Waals surface area contributed by atoms with Crippen LogP contribution in [0.15, 0.2) is 64.4 Å². The molecule has 0 saturated carbocycles. The highest BCUT2D eigenvalue weighted by molar-refractivity contribution is 7.07. The van der Waals surface area contributed by atoms with Crippen LogP contribution >= 0.6 is 11.3 Å². The van der Waals surface area contributed by atoms with Crippen LogP contribution in [0.25, 0.3) is 28.4 Å². The zero-order valence-corrected chi connectivity index (χ0v) is 18.2. The van der Waals surface area contributed by atoms with Gasteiger partial charge in [-0.15, -0.1) is 11.3 Å². The fraction of sp³-hybridized carbons (Fsp3) is 0.0417. The number of nitrogen functional groups attached to an aromatic ring is 1. The van der Waals surface area contributed by atoms with E-state index in [0.717, 1.165) is 0 Å². The summed E-state index contributed by atoms with van der Waals surface area (Å²) in [6.45, 7) is 0. The largest absolute Gasteiger partial charge is 0.506 e. The molecule has 10 heteroatoms. The number of nitriles is 1. The van der Waals surface area contributed by atoms with E-state index in [2.05, 4.69) is 21.0 Å². The zero-order chi connectivity index (χ0) is 23.4. The Morgan fingerprint density at radius 2 is 2.09 bits per heavy atom. The van der Waals surface area contributed by atoms with Gasteiger partial charge in [0.25, 0.3) is 5.56 Å². The number of nitrogens with zero attached hydrogens (tertiary/aromatic N) is 5. The van der Waals surface area contributed by atoms with Gasteiger partial charge in [0.15, 0.2) is 5.82 Å². The number of pyridine rings is 1. The number of aromatic hydroxyl groups is 1. The van der Waals surface area contributed by atoms with E-state index in [1.807, 2.05) is 6.07 Å². The second-order valence-corrected chi connectivity index (χ2v) is 8.63. The topological polar surface area (TPSA) is 144 Å². The number of rotatable bonds is 2. The maximum Gasteiger partial charge on any atom is 0.274 e. The van der Waals surface area contributed by atoms with E-state index in [9.17, 15) is 15.2 Å². The average molecular weight is 466 g/mol. The van der Waals surface area contributed by atoms with Crippen molar-refractivity contribution < 1.29 is 9.52 Å². The monoisotopic (exact) mass is 466 g/mol. The molecule has 1 aromatic carbocycles. The second-order valence-electron chi connectivity index (χ2n) is 7.60. The molecule has 5 heterocycles. The Balaban J connectivity index is 1.72. The smallest absolute Gasteiger partial charge is 0.274 e. The number of hydrogen-bond donors (Lipinski definition) is 2. The Kier molecular flexibility index (Phi) is 4.33. The second kappa shape index (κ2) is 7.40. The van der Waals surface area contributed by atoms with Crippen LogP contribution in [0.2, 0.25) is 0 Å². The summed E-state index contributed by atoms with van der Waals surface area (Å²) in [7, 11) is 0. The van der Waals surface area contributed by atoms with Crippen LogP contribution in [0.3, 0.4) is 0 Å². The number of anilines is 1. The summed E-state index contributed by atoms with van der Waals surface area (Å²) in [4.78, 5) is 26.3. The summed E-state index contributed by atoms with van der Waals surface area (Å²) >= 11 is 1.18. The standard InChI is InChI=1S/C24H14N6O3S/c25-10-14-18(16-4-2-8-33-16)19-21(26)28-11-29-22(19)30-23(32)17(34-24(14)30)9-12-5-6-15(31)20-13(12)3-1-7-27-20/h1-9,11,18,31H,(H2,26,28,29)/b17-9+. The normalized spacial score (nSPS) is 15.2. The number of hydrogen-bond acceptors (Lipinski definition) is 9. The molecule has 164 valence electrons. The van der Waals surface area contributed by atoms with Crippen molar-refractivity contribution >= 4 is 39.7 Å². The molecule has 1 atom stereocenters. The van der Waals surface area contributed by atoms with Gasteiger partial charge in [0, 0.05) is 11.6 Å². The molecule has 34 heavy (non-hydrogen) atoms. The molecule has 0 spiro atoms. The highest BCUT2D eigenvalue weighted by atomic mass is 32.1. The third-order valence-electron chi connectivity index (χ3n) is 5.75. The van der Waals surface area contributed by atoms with Crippen LogP contribution in [0.1, 0.15) is 22.8 Å². The van der Waals surface area contributed by atoms with Gasteiger partial charge in [-0.3, -0.25) is 9.78 Å². The molecular formula is C24H14N6O3S. The Hall–Kier alpha value is -4.75. The molecule has 6 rings (SSSR count). The maximum absolute atomic E-state index is 13.6. The number of benzene rings is 1. The molecule has 4 aromatic heterocycles. The number of aromatic nitrogens is 4. The minimum Gasteiger partial charge on any atom is -0.506 e. The Labute approximate surface area is 195 Å². The summed E-state index contributed by atoms with van der Waals surface area (Å²) in [5.74, 6) is 0.413. The number of phenolic OH excluding ortho intramolecular Hbond substituents is 1. The van der Waals surface area contributed by atoms with Gasteiger partial charge in [-0.2, -0.15) is 5.26 Å². The van der Waals surface area contributed by atoms with Crippen LogP contribution in [0.5, 0.6) is 5.75 Å². The fourth-order valence-corrected chi connectivity index (χ4v) is 5.38. The lowest BCUT2D eigenvalue weighted by Gasteiger charge is -2.22. The van der Waals surface area contributed by atoms with Gasteiger partial charge in [0.1, 0.15) is 33.8 Å². The molecule has 3 N–H and O–H groups in total. The van der Waals surface area contributed by atoms with E-state index in [-0.39, 0.29) is 17.1 Å². The average Bonchev–Trinajstić information content (AvgIpc) is 3.49. The molecule has 5 aromatic rings. The molecule has 1 aliphatic heterocycles. The lowest BCUT2D eigenvalue weighted by Crippen LogP contribution is -2.36. The number of fused-ring (bicyclic) bond motifs is 4. The molecule has 0 saturated heterocycles. The van der Waals surface area contributed by atoms with Crippen LogP contribution in [-0.4, -0.2) is 24.6 Å². The van der Waals surface area contributed by atoms with Gasteiger partial charge < -0.3 is 15.3 Å². The van der Waals surface area contributed by atoms with Crippen LogP contribution in [0, 0.1) is 11.3 Å². The minimum atomic E-state index is -0.638. The first-order valence-corrected chi connectivity index (χ1v) is 11.0. The first-order chi connectivity index (χ1) is 16.6. The summed E-state index contributed by atoms with van der Waals surface area (Å²) in [6.07, 6.45) is 6.13. The van der Waals surface area contributed by atoms with Crippen molar-refractivity contribution in [3.8, 4) is 17.6 Å². The highest BCUT2D eigenvalue weighted by Gasteiger charge is 2.35. The molecule has 0 bridgehead atoms. The molecule has 0 radical (unpaired) electrons. The molecule has 0 amide bonds. The van der Waals surface area contributed by atoms with Gasteiger partial charge in [-0.1, -0.05) is 12.1 Å². The minimum absolute atomic E-state index is 0.0532. The summed E-state index contributed by atoms with van der Waals surface area (Å²) in [5.41, 5.74) is 7.78. The van der Waals surface area contributed by atoms with Gasteiger partial charge in [-0.25, -0.2) is 14.5 Å². The van der Waals surface area contributed by atoms with E-state index in [1.54, 1.807) is 36.5 Å². The van der Waals surface area contributed by atoms with Crippen LogP contribution in [0.4, 0.5) is 5.82 Å². The number of phenols is 1. The number of nitrogens with two attached hydrogens (primary N) is 1. The molecule has 0 aliphatic carbocycles. The first-order valence-electron chi connectivity index (χ1n) is 10.2. The lowest BCUT2D eigenvalue weighted by atomic mass is 9.88. The van der Waals surface area contributed by atoms with Gasteiger partial charge >= 0.3 is 0 Å². The van der Waals surface area contributed by atoms with Gasteiger partial charge in [0.05, 0.1) is 33.9 Å². The summed E-state index contributed by atoms with van der Waals surface area (Å²) in [6, 6.07) is 12.6. The predicted molar refractivity (Wildman–Crippen MR) is 126 cm³/mol. The molecule has 1 unspecified atom stereocenters. The van der Waals surface area contributed by atoms with Gasteiger partial charge in [-0.05, 0) is 35.9 Å². The van der Waals surface area contributed by atoms with Crippen molar-refractivity contribution in [1.29, 1.82) is 5.26 Å². The van der Waals surface area contributed by atoms with Crippen molar-refractivity contribution in [2.24, 2.45) is 0 Å². The first kappa shape index (κ1) is 19.9. The predicted octanol–water partition coefficient (Wildman–Crippen LogP) is 1.77. The van der Waals surface area contributed by atoms with E-state index < -0.39 is 5.92 Å². The van der Waals surface area contributed by atoms with E-state index in [4.69, 9.17) is 10.2 Å². The Morgan fingerprint density at radius 1 is 1.21 bits per heavy atom. The van der Waals surface area contributed by atoms with Crippen LogP contribution in [-0.2, 0) is 0 Å². The molecule has 9 nitrogen and oxygen atoms in total. The highest BCUT2D eigenvalue weighted by Crippen LogP contribution is 2.39. The molecular weight excluding hydrogens is 452 g/mol. The van der Waals surface area contributed by atoms with E-state index in [0.29, 0.717) is 48.4 Å². The van der Waals surface area contributed by atoms with Crippen molar-refractivity contribution in [3.05, 3.63) is 91.6 Å². The molecule has 1 aliphatic rings. The fourth-order valence-electron chi connectivity index (χ4n) is 4.28. The van der Waals surface area contributed by atoms with E-state index in [1.165, 1.54) is 34.6 Å². The quantitative estimate of drug-likeness (QED) is 0.401. The van der Waals surface area contributed by atoms with Crippen molar-refractivity contribution in [1.82, 2.24) is 19.5 Å².